The first-order valence-electron chi connectivity index (χ1n) is 9.68. The largest absolute Gasteiger partial charge is 0.493 e. The molecule has 8 nitrogen and oxygen atoms in total. The van der Waals surface area contributed by atoms with Crippen molar-refractivity contribution >= 4 is 57.3 Å². The molecule has 0 radical (unpaired) electrons. The first-order chi connectivity index (χ1) is 15.2. The van der Waals surface area contributed by atoms with Crippen LogP contribution < -0.4 is 9.47 Å². The molecule has 0 N–H and O–H groups in total. The molecular formula is C22H21IN2O6S. The lowest BCUT2D eigenvalue weighted by molar-refractivity contribution is -0.384. The number of imide groups is 1. The fourth-order valence-corrected chi connectivity index (χ4v) is 4.64. The second-order valence-electron chi connectivity index (χ2n) is 7.43. The van der Waals surface area contributed by atoms with Gasteiger partial charge in [-0.25, -0.2) is 0 Å². The molecule has 0 spiro atoms. The van der Waals surface area contributed by atoms with Gasteiger partial charge in [0.2, 0.25) is 0 Å². The minimum absolute atomic E-state index is 0.0167. The fourth-order valence-electron chi connectivity index (χ4n) is 3.01. The molecular weight excluding hydrogens is 547 g/mol. The molecule has 2 aromatic rings. The van der Waals surface area contributed by atoms with E-state index in [-0.39, 0.29) is 29.4 Å². The summed E-state index contributed by atoms with van der Waals surface area (Å²) in [5.74, 6) is 0.903. The summed E-state index contributed by atoms with van der Waals surface area (Å²) >= 11 is 3.04. The quantitative estimate of drug-likeness (QED) is 0.180. The second-order valence-corrected chi connectivity index (χ2v) is 9.59. The lowest BCUT2D eigenvalue weighted by Gasteiger charge is -2.15. The van der Waals surface area contributed by atoms with Crippen LogP contribution in [0, 0.1) is 19.6 Å². The average molecular weight is 568 g/mol. The van der Waals surface area contributed by atoms with Crippen LogP contribution in [0.25, 0.3) is 6.08 Å². The van der Waals surface area contributed by atoms with Crippen molar-refractivity contribution in [3.8, 4) is 11.5 Å². The molecule has 0 unspecified atom stereocenters. The number of carbonyl (C=O) groups excluding carboxylic acids is 2. The van der Waals surface area contributed by atoms with Gasteiger partial charge < -0.3 is 9.47 Å². The van der Waals surface area contributed by atoms with Gasteiger partial charge in [-0.2, -0.15) is 0 Å². The number of rotatable bonds is 8. The van der Waals surface area contributed by atoms with E-state index in [1.807, 2.05) is 19.9 Å². The molecule has 2 aromatic carbocycles. The summed E-state index contributed by atoms with van der Waals surface area (Å²) in [5, 5.41) is 10.5. The normalized spacial score (nSPS) is 15.0. The lowest BCUT2D eigenvalue weighted by Crippen LogP contribution is -2.31. The summed E-state index contributed by atoms with van der Waals surface area (Å²) < 4.78 is 12.1. The minimum Gasteiger partial charge on any atom is -0.493 e. The number of hydrogen-bond donors (Lipinski definition) is 0. The topological polar surface area (TPSA) is 99.0 Å². The number of nitro groups is 1. The van der Waals surface area contributed by atoms with E-state index in [0.717, 1.165) is 20.9 Å². The van der Waals surface area contributed by atoms with Crippen molar-refractivity contribution < 1.29 is 24.0 Å². The van der Waals surface area contributed by atoms with Gasteiger partial charge in [0.05, 0.1) is 20.5 Å². The predicted octanol–water partition coefficient (Wildman–Crippen LogP) is 5.48. The highest BCUT2D eigenvalue weighted by Crippen LogP contribution is 2.37. The summed E-state index contributed by atoms with van der Waals surface area (Å²) in [7, 11) is 1.52. The summed E-state index contributed by atoms with van der Waals surface area (Å²) in [6, 6.07) is 9.71. The van der Waals surface area contributed by atoms with E-state index in [9.17, 15) is 19.7 Å². The zero-order valence-corrected chi connectivity index (χ0v) is 20.6. The number of halogens is 1. The van der Waals surface area contributed by atoms with Crippen molar-refractivity contribution in [3.63, 3.8) is 0 Å². The number of carbonyl (C=O) groups is 2. The number of hydrogen-bond acceptors (Lipinski definition) is 7. The number of benzene rings is 2. The van der Waals surface area contributed by atoms with Crippen molar-refractivity contribution in [1.82, 2.24) is 4.90 Å². The van der Waals surface area contributed by atoms with E-state index >= 15 is 0 Å². The molecule has 0 saturated carbocycles. The van der Waals surface area contributed by atoms with E-state index in [2.05, 4.69) is 22.6 Å². The zero-order chi connectivity index (χ0) is 23.4. The maximum Gasteiger partial charge on any atom is 0.293 e. The molecule has 0 atom stereocenters. The molecule has 1 aliphatic rings. The zero-order valence-electron chi connectivity index (χ0n) is 17.7. The Labute approximate surface area is 203 Å². The molecule has 10 heteroatoms. The molecule has 0 aromatic heterocycles. The van der Waals surface area contributed by atoms with Gasteiger partial charge in [0.15, 0.2) is 11.5 Å². The van der Waals surface area contributed by atoms with E-state index in [1.165, 1.54) is 24.1 Å². The highest BCUT2D eigenvalue weighted by molar-refractivity contribution is 14.1. The van der Waals surface area contributed by atoms with Crippen LogP contribution in [0.1, 0.15) is 25.0 Å². The van der Waals surface area contributed by atoms with E-state index in [1.54, 1.807) is 24.3 Å². The highest BCUT2D eigenvalue weighted by Gasteiger charge is 2.35. The highest BCUT2D eigenvalue weighted by atomic mass is 127. The van der Waals surface area contributed by atoms with Crippen LogP contribution in [0.3, 0.4) is 0 Å². The van der Waals surface area contributed by atoms with Crippen LogP contribution in [-0.4, -0.2) is 34.6 Å². The van der Waals surface area contributed by atoms with Crippen molar-refractivity contribution in [3.05, 3.63) is 66.1 Å². The van der Waals surface area contributed by atoms with Crippen molar-refractivity contribution in [1.29, 1.82) is 0 Å². The molecule has 168 valence electrons. The first kappa shape index (κ1) is 24.1. The van der Waals surface area contributed by atoms with Crippen LogP contribution in [0.5, 0.6) is 11.5 Å². The van der Waals surface area contributed by atoms with Crippen molar-refractivity contribution in [2.45, 2.75) is 20.5 Å². The van der Waals surface area contributed by atoms with Gasteiger partial charge in [-0.05, 0) is 81.7 Å². The molecule has 32 heavy (non-hydrogen) atoms. The number of amides is 2. The van der Waals surface area contributed by atoms with Gasteiger partial charge in [-0.15, -0.1) is 0 Å². The average Bonchev–Trinajstić information content (AvgIpc) is 2.99. The van der Waals surface area contributed by atoms with Crippen LogP contribution in [0.4, 0.5) is 10.5 Å². The van der Waals surface area contributed by atoms with Crippen molar-refractivity contribution in [2.24, 2.45) is 5.92 Å². The van der Waals surface area contributed by atoms with Gasteiger partial charge in [0, 0.05) is 18.7 Å². The second kappa shape index (κ2) is 10.3. The SMILES string of the molecule is COc1cc(/C=C2\SC(=O)N(CC(C)C)C2=O)cc(I)c1OCc1ccc([N+](=O)[O-])cc1. The summed E-state index contributed by atoms with van der Waals surface area (Å²) in [5.41, 5.74) is 1.50. The minimum atomic E-state index is -0.452. The van der Waals surface area contributed by atoms with Gasteiger partial charge in [-0.1, -0.05) is 13.8 Å². The number of methoxy groups -OCH3 is 1. The molecule has 1 heterocycles. The van der Waals surface area contributed by atoms with Gasteiger partial charge in [0.1, 0.15) is 6.61 Å². The molecule has 1 aliphatic heterocycles. The van der Waals surface area contributed by atoms with Crippen LogP contribution >= 0.6 is 34.4 Å². The Hall–Kier alpha value is -2.60. The molecule has 0 bridgehead atoms. The standard InChI is InChI=1S/C22H21IN2O6S/c1-13(2)11-24-21(26)19(32-22(24)27)10-15-8-17(23)20(18(9-15)30-3)31-12-14-4-6-16(7-5-14)25(28)29/h4-10,13H,11-12H2,1-3H3/b19-10-. The number of non-ortho nitro benzene ring substituents is 1. The van der Waals surface area contributed by atoms with Crippen LogP contribution in [0.15, 0.2) is 41.3 Å². The number of thioether (sulfide) groups is 1. The van der Waals surface area contributed by atoms with Crippen molar-refractivity contribution in [2.75, 3.05) is 13.7 Å². The number of nitrogens with zero attached hydrogens (tertiary/aromatic N) is 2. The Bertz CT molecular complexity index is 1080. The lowest BCUT2D eigenvalue weighted by atomic mass is 10.1. The predicted molar refractivity (Wildman–Crippen MR) is 131 cm³/mol. The number of ether oxygens (including phenoxy) is 2. The Kier molecular flexibility index (Phi) is 7.77. The molecule has 2 amide bonds. The van der Waals surface area contributed by atoms with Gasteiger partial charge >= 0.3 is 0 Å². The first-order valence-corrected chi connectivity index (χ1v) is 11.6. The smallest absolute Gasteiger partial charge is 0.293 e. The van der Waals surface area contributed by atoms with Crippen LogP contribution in [-0.2, 0) is 11.4 Å². The molecule has 0 aliphatic carbocycles. The maximum atomic E-state index is 12.6. The summed E-state index contributed by atoms with van der Waals surface area (Å²) in [4.78, 5) is 36.8. The Morgan fingerprint density at radius 3 is 2.50 bits per heavy atom. The van der Waals surface area contributed by atoms with E-state index in [0.29, 0.717) is 28.5 Å². The molecule has 1 fully saturated rings. The molecule has 3 rings (SSSR count). The summed E-state index contributed by atoms with van der Waals surface area (Å²) in [6.07, 6.45) is 1.68. The fraction of sp³-hybridized carbons (Fsp3) is 0.273. The van der Waals surface area contributed by atoms with E-state index in [4.69, 9.17) is 9.47 Å². The van der Waals surface area contributed by atoms with Gasteiger partial charge in [0.25, 0.3) is 16.8 Å². The monoisotopic (exact) mass is 568 g/mol. The Morgan fingerprint density at radius 1 is 1.22 bits per heavy atom. The third-order valence-electron chi connectivity index (χ3n) is 4.50. The maximum absolute atomic E-state index is 12.6. The summed E-state index contributed by atoms with van der Waals surface area (Å²) in [6.45, 7) is 4.50. The molecule has 1 saturated heterocycles. The van der Waals surface area contributed by atoms with Crippen LogP contribution in [0.2, 0.25) is 0 Å². The third-order valence-corrected chi connectivity index (χ3v) is 6.21. The Balaban J connectivity index is 1.79. The van der Waals surface area contributed by atoms with E-state index < -0.39 is 4.92 Å². The number of nitro benzene ring substituents is 1. The van der Waals surface area contributed by atoms with Gasteiger partial charge in [-0.3, -0.25) is 24.6 Å². The third kappa shape index (κ3) is 5.60. The Morgan fingerprint density at radius 2 is 1.91 bits per heavy atom.